The van der Waals surface area contributed by atoms with E-state index in [1.807, 2.05) is 12.1 Å². The Morgan fingerprint density at radius 3 is 2.50 bits per heavy atom. The number of nitrogens with zero attached hydrogens (tertiary/aromatic N) is 3. The van der Waals surface area contributed by atoms with Crippen molar-refractivity contribution >= 4 is 23.5 Å². The van der Waals surface area contributed by atoms with Gasteiger partial charge in [0.1, 0.15) is 0 Å². The van der Waals surface area contributed by atoms with E-state index in [1.54, 1.807) is 12.1 Å². The predicted molar refractivity (Wildman–Crippen MR) is 71.3 cm³/mol. The summed E-state index contributed by atoms with van der Waals surface area (Å²) < 4.78 is 0. The number of aromatic nitrogens is 3. The molecule has 5 nitrogen and oxygen atoms in total. The Labute approximate surface area is 109 Å². The summed E-state index contributed by atoms with van der Waals surface area (Å²) in [6.45, 7) is 0. The van der Waals surface area contributed by atoms with Gasteiger partial charge in [0.15, 0.2) is 5.82 Å². The average molecular weight is 262 g/mol. The SMILES string of the molecule is Nc1nc(NC2CC2)nc(-c2ccc(Cl)cc2)n1. The quantitative estimate of drug-likeness (QED) is 0.887. The number of anilines is 2. The first kappa shape index (κ1) is 11.2. The summed E-state index contributed by atoms with van der Waals surface area (Å²) >= 11 is 5.85. The van der Waals surface area contributed by atoms with Gasteiger partial charge in [-0.05, 0) is 37.1 Å². The molecule has 0 atom stereocenters. The van der Waals surface area contributed by atoms with Crippen LogP contribution in [0.4, 0.5) is 11.9 Å². The Hall–Kier alpha value is -1.88. The molecule has 0 spiro atoms. The van der Waals surface area contributed by atoms with Gasteiger partial charge in [0.25, 0.3) is 0 Å². The highest BCUT2D eigenvalue weighted by Crippen LogP contribution is 2.24. The van der Waals surface area contributed by atoms with Gasteiger partial charge in [0, 0.05) is 16.6 Å². The molecule has 0 radical (unpaired) electrons. The maximum atomic E-state index is 5.85. The largest absolute Gasteiger partial charge is 0.368 e. The van der Waals surface area contributed by atoms with Crippen LogP contribution in [0.25, 0.3) is 11.4 Å². The van der Waals surface area contributed by atoms with Crippen LogP contribution >= 0.6 is 11.6 Å². The second kappa shape index (κ2) is 4.42. The topological polar surface area (TPSA) is 76.7 Å². The number of nitrogens with two attached hydrogens (primary N) is 1. The third-order valence-corrected chi connectivity index (χ3v) is 2.92. The molecule has 3 N–H and O–H groups in total. The standard InChI is InChI=1S/C12H12ClN5/c13-8-3-1-7(2-4-8)10-16-11(14)18-12(17-10)15-9-5-6-9/h1-4,9H,5-6H2,(H3,14,15,16,17,18). The number of nitrogen functional groups attached to an aromatic ring is 1. The summed E-state index contributed by atoms with van der Waals surface area (Å²) in [7, 11) is 0. The van der Waals surface area contributed by atoms with Gasteiger partial charge in [0.2, 0.25) is 11.9 Å². The fourth-order valence-electron chi connectivity index (χ4n) is 1.60. The van der Waals surface area contributed by atoms with E-state index in [9.17, 15) is 0 Å². The van der Waals surface area contributed by atoms with Crippen LogP contribution in [0, 0.1) is 0 Å². The number of hydrogen-bond acceptors (Lipinski definition) is 5. The maximum absolute atomic E-state index is 5.85. The van der Waals surface area contributed by atoms with Gasteiger partial charge < -0.3 is 11.1 Å². The van der Waals surface area contributed by atoms with Crippen molar-refractivity contribution < 1.29 is 0 Å². The third kappa shape index (κ3) is 2.51. The van der Waals surface area contributed by atoms with Gasteiger partial charge in [-0.1, -0.05) is 11.6 Å². The number of rotatable bonds is 3. The summed E-state index contributed by atoms with van der Waals surface area (Å²) in [5.74, 6) is 1.32. The van der Waals surface area contributed by atoms with Crippen LogP contribution in [0.15, 0.2) is 24.3 Å². The molecule has 1 heterocycles. The zero-order chi connectivity index (χ0) is 12.5. The zero-order valence-electron chi connectivity index (χ0n) is 9.60. The second-order valence-corrected chi connectivity index (χ2v) is 4.70. The van der Waals surface area contributed by atoms with E-state index in [4.69, 9.17) is 17.3 Å². The molecule has 92 valence electrons. The summed E-state index contributed by atoms with van der Waals surface area (Å²) in [4.78, 5) is 12.6. The molecule has 0 aliphatic heterocycles. The van der Waals surface area contributed by atoms with Crippen molar-refractivity contribution in [2.24, 2.45) is 0 Å². The van der Waals surface area contributed by atoms with Crippen LogP contribution in [0.3, 0.4) is 0 Å². The van der Waals surface area contributed by atoms with Gasteiger partial charge >= 0.3 is 0 Å². The lowest BCUT2D eigenvalue weighted by molar-refractivity contribution is 1.02. The Balaban J connectivity index is 1.94. The second-order valence-electron chi connectivity index (χ2n) is 4.27. The molecule has 1 fully saturated rings. The molecule has 6 heteroatoms. The molecular formula is C12H12ClN5. The molecule has 18 heavy (non-hydrogen) atoms. The van der Waals surface area contributed by atoms with Gasteiger partial charge in [-0.2, -0.15) is 15.0 Å². The maximum Gasteiger partial charge on any atom is 0.228 e. The number of nitrogens with one attached hydrogen (secondary N) is 1. The average Bonchev–Trinajstić information content (AvgIpc) is 3.13. The molecule has 1 aromatic carbocycles. The van der Waals surface area contributed by atoms with E-state index in [2.05, 4.69) is 20.3 Å². The minimum Gasteiger partial charge on any atom is -0.368 e. The van der Waals surface area contributed by atoms with Crippen molar-refractivity contribution in [2.45, 2.75) is 18.9 Å². The van der Waals surface area contributed by atoms with E-state index in [1.165, 1.54) is 0 Å². The number of benzene rings is 1. The van der Waals surface area contributed by atoms with E-state index in [0.29, 0.717) is 22.8 Å². The summed E-state index contributed by atoms with van der Waals surface area (Å²) in [5.41, 5.74) is 6.56. The lowest BCUT2D eigenvalue weighted by Crippen LogP contribution is -2.09. The molecule has 1 saturated carbocycles. The minimum atomic E-state index is 0.220. The molecule has 3 rings (SSSR count). The van der Waals surface area contributed by atoms with Gasteiger partial charge in [0.05, 0.1) is 0 Å². The molecule has 2 aromatic rings. The molecule has 1 aliphatic carbocycles. The Morgan fingerprint density at radius 1 is 1.11 bits per heavy atom. The normalized spacial score (nSPS) is 14.5. The Kier molecular flexibility index (Phi) is 2.76. The smallest absolute Gasteiger partial charge is 0.228 e. The molecular weight excluding hydrogens is 250 g/mol. The fourth-order valence-corrected chi connectivity index (χ4v) is 1.72. The minimum absolute atomic E-state index is 0.220. The van der Waals surface area contributed by atoms with Crippen molar-refractivity contribution in [3.05, 3.63) is 29.3 Å². The van der Waals surface area contributed by atoms with Gasteiger partial charge in [-0.3, -0.25) is 0 Å². The van der Waals surface area contributed by atoms with E-state index in [0.717, 1.165) is 18.4 Å². The van der Waals surface area contributed by atoms with Crippen LogP contribution in [0.5, 0.6) is 0 Å². The van der Waals surface area contributed by atoms with E-state index < -0.39 is 0 Å². The van der Waals surface area contributed by atoms with Crippen molar-refractivity contribution in [2.75, 3.05) is 11.1 Å². The lowest BCUT2D eigenvalue weighted by Gasteiger charge is -2.06. The van der Waals surface area contributed by atoms with Crippen molar-refractivity contribution in [1.82, 2.24) is 15.0 Å². The first-order chi connectivity index (χ1) is 8.70. The highest BCUT2D eigenvalue weighted by atomic mass is 35.5. The van der Waals surface area contributed by atoms with Crippen LogP contribution in [-0.4, -0.2) is 21.0 Å². The van der Waals surface area contributed by atoms with E-state index in [-0.39, 0.29) is 5.95 Å². The third-order valence-electron chi connectivity index (χ3n) is 2.67. The van der Waals surface area contributed by atoms with E-state index >= 15 is 0 Å². The van der Waals surface area contributed by atoms with Crippen LogP contribution in [0.2, 0.25) is 5.02 Å². The molecule has 1 aliphatic rings. The summed E-state index contributed by atoms with van der Waals surface area (Å²) in [6.07, 6.45) is 2.31. The summed E-state index contributed by atoms with van der Waals surface area (Å²) in [5, 5.41) is 3.89. The fraction of sp³-hybridized carbons (Fsp3) is 0.250. The molecule has 0 bridgehead atoms. The highest BCUT2D eigenvalue weighted by Gasteiger charge is 2.22. The first-order valence-electron chi connectivity index (χ1n) is 5.75. The predicted octanol–water partition coefficient (Wildman–Crippen LogP) is 2.35. The molecule has 0 amide bonds. The number of halogens is 1. The number of hydrogen-bond donors (Lipinski definition) is 2. The first-order valence-corrected chi connectivity index (χ1v) is 6.12. The molecule has 0 saturated heterocycles. The van der Waals surface area contributed by atoms with Crippen LogP contribution < -0.4 is 11.1 Å². The molecule has 1 aromatic heterocycles. The van der Waals surface area contributed by atoms with Gasteiger partial charge in [-0.25, -0.2) is 0 Å². The Morgan fingerprint density at radius 2 is 1.83 bits per heavy atom. The highest BCUT2D eigenvalue weighted by molar-refractivity contribution is 6.30. The van der Waals surface area contributed by atoms with Crippen molar-refractivity contribution in [3.8, 4) is 11.4 Å². The Bertz CT molecular complexity index is 565. The van der Waals surface area contributed by atoms with Crippen LogP contribution in [0.1, 0.15) is 12.8 Å². The van der Waals surface area contributed by atoms with Crippen molar-refractivity contribution in [3.63, 3.8) is 0 Å². The summed E-state index contributed by atoms with van der Waals surface area (Å²) in [6, 6.07) is 7.79. The zero-order valence-corrected chi connectivity index (χ0v) is 10.4. The van der Waals surface area contributed by atoms with Crippen molar-refractivity contribution in [1.29, 1.82) is 0 Å². The molecule has 0 unspecified atom stereocenters. The van der Waals surface area contributed by atoms with Gasteiger partial charge in [-0.15, -0.1) is 0 Å². The van der Waals surface area contributed by atoms with Crippen LogP contribution in [-0.2, 0) is 0 Å². The lowest BCUT2D eigenvalue weighted by atomic mass is 10.2. The monoisotopic (exact) mass is 261 g/mol.